The van der Waals surface area contributed by atoms with Gasteiger partial charge in [0.1, 0.15) is 5.56 Å². The van der Waals surface area contributed by atoms with Gasteiger partial charge in [0.2, 0.25) is 0 Å². The molecule has 1 aromatic heterocycles. The molecule has 5 rings (SSSR count). The zero-order valence-corrected chi connectivity index (χ0v) is 17.3. The number of hydrogen-bond donors (Lipinski definition) is 2. The second-order valence-electron chi connectivity index (χ2n) is 9.08. The number of amides is 1. The van der Waals surface area contributed by atoms with Gasteiger partial charge in [-0.3, -0.25) is 14.5 Å². The molecule has 2 N–H and O–H groups in total. The van der Waals surface area contributed by atoms with Crippen LogP contribution in [0.25, 0.3) is 0 Å². The van der Waals surface area contributed by atoms with Crippen molar-refractivity contribution >= 4 is 5.91 Å². The van der Waals surface area contributed by atoms with E-state index in [0.29, 0.717) is 18.4 Å². The molecule has 2 fully saturated rings. The van der Waals surface area contributed by atoms with Gasteiger partial charge < -0.3 is 15.2 Å². The molecule has 1 aromatic carbocycles. The zero-order valence-electron chi connectivity index (χ0n) is 17.3. The molecule has 2 bridgehead atoms. The third-order valence-electron chi connectivity index (χ3n) is 6.84. The lowest BCUT2D eigenvalue weighted by Gasteiger charge is -2.37. The molecule has 0 unspecified atom stereocenters. The predicted octanol–water partition coefficient (Wildman–Crippen LogP) is 1.95. The normalized spacial score (nSPS) is 26.1. The van der Waals surface area contributed by atoms with Gasteiger partial charge in [-0.1, -0.05) is 30.3 Å². The maximum atomic E-state index is 13.1. The van der Waals surface area contributed by atoms with E-state index in [0.717, 1.165) is 57.7 Å². The highest BCUT2D eigenvalue weighted by Gasteiger charge is 2.32. The molecule has 0 spiro atoms. The van der Waals surface area contributed by atoms with E-state index in [4.69, 9.17) is 0 Å². The number of carbonyl (C=O) groups excluding carboxylic acids is 1. The maximum absolute atomic E-state index is 13.1. The molecule has 0 radical (unpaired) electrons. The van der Waals surface area contributed by atoms with E-state index in [1.54, 1.807) is 6.07 Å². The number of nitrogens with one attached hydrogen (secondary N) is 2. The molecule has 1 amide bonds. The Morgan fingerprint density at radius 2 is 1.97 bits per heavy atom. The molecule has 30 heavy (non-hydrogen) atoms. The number of nitrogens with zero attached hydrogens (tertiary/aromatic N) is 2. The minimum atomic E-state index is -0.226. The molecule has 3 aliphatic heterocycles. The molecule has 158 valence electrons. The number of aromatic nitrogens is 1. The van der Waals surface area contributed by atoms with E-state index in [1.807, 2.05) is 16.7 Å². The smallest absolute Gasteiger partial charge is 0.263 e. The lowest BCUT2D eigenvalue weighted by molar-refractivity contribution is 0.0898. The highest BCUT2D eigenvalue weighted by Crippen LogP contribution is 2.31. The van der Waals surface area contributed by atoms with Gasteiger partial charge >= 0.3 is 0 Å². The topological polar surface area (TPSA) is 66.4 Å². The summed E-state index contributed by atoms with van der Waals surface area (Å²) < 4.78 is 1.86. The van der Waals surface area contributed by atoms with Gasteiger partial charge in [0, 0.05) is 43.8 Å². The number of benzene rings is 1. The summed E-state index contributed by atoms with van der Waals surface area (Å²) in [5.74, 6) is 0.639. The summed E-state index contributed by atoms with van der Waals surface area (Å²) >= 11 is 0. The van der Waals surface area contributed by atoms with Crippen LogP contribution in [0.2, 0.25) is 0 Å². The lowest BCUT2D eigenvalue weighted by Crippen LogP contribution is -2.49. The van der Waals surface area contributed by atoms with Crippen molar-refractivity contribution in [3.63, 3.8) is 0 Å². The Morgan fingerprint density at radius 1 is 1.10 bits per heavy atom. The highest BCUT2D eigenvalue weighted by molar-refractivity contribution is 5.94. The van der Waals surface area contributed by atoms with Crippen molar-refractivity contribution in [1.82, 2.24) is 20.1 Å². The zero-order chi connectivity index (χ0) is 20.5. The Balaban J connectivity index is 1.27. The molecule has 4 heterocycles. The van der Waals surface area contributed by atoms with Crippen LogP contribution in [0.5, 0.6) is 0 Å². The number of pyridine rings is 1. The van der Waals surface area contributed by atoms with Gasteiger partial charge in [0.05, 0.1) is 0 Å². The summed E-state index contributed by atoms with van der Waals surface area (Å²) in [5.41, 5.74) is 2.52. The number of fused-ring (bicyclic) bond motifs is 4. The van der Waals surface area contributed by atoms with Crippen LogP contribution < -0.4 is 16.2 Å². The first kappa shape index (κ1) is 19.5. The van der Waals surface area contributed by atoms with Gasteiger partial charge in [0.15, 0.2) is 0 Å². The van der Waals surface area contributed by atoms with Crippen molar-refractivity contribution in [1.29, 1.82) is 0 Å². The summed E-state index contributed by atoms with van der Waals surface area (Å²) in [5, 5.41) is 6.60. The minimum Gasteiger partial charge on any atom is -0.348 e. The first-order valence-electron chi connectivity index (χ1n) is 11.2. The molecule has 3 aliphatic rings. The van der Waals surface area contributed by atoms with Crippen LogP contribution in [-0.4, -0.2) is 47.6 Å². The van der Waals surface area contributed by atoms with Gasteiger partial charge in [-0.05, 0) is 56.0 Å². The Morgan fingerprint density at radius 3 is 2.83 bits per heavy atom. The molecule has 6 nitrogen and oxygen atoms in total. The van der Waals surface area contributed by atoms with Crippen molar-refractivity contribution < 1.29 is 4.79 Å². The fourth-order valence-electron chi connectivity index (χ4n) is 5.39. The molecule has 2 aromatic rings. The van der Waals surface area contributed by atoms with E-state index in [-0.39, 0.29) is 23.1 Å². The second-order valence-corrected chi connectivity index (χ2v) is 9.08. The van der Waals surface area contributed by atoms with Gasteiger partial charge in [-0.25, -0.2) is 0 Å². The first-order chi connectivity index (χ1) is 14.7. The molecular weight excluding hydrogens is 376 g/mol. The predicted molar refractivity (Wildman–Crippen MR) is 117 cm³/mol. The van der Waals surface area contributed by atoms with Crippen LogP contribution in [0, 0.1) is 5.92 Å². The van der Waals surface area contributed by atoms with Crippen LogP contribution in [0.15, 0.2) is 47.3 Å². The third kappa shape index (κ3) is 3.94. The molecule has 6 heteroatoms. The monoisotopic (exact) mass is 406 g/mol. The maximum Gasteiger partial charge on any atom is 0.263 e. The van der Waals surface area contributed by atoms with Crippen LogP contribution in [0.1, 0.15) is 46.8 Å². The molecule has 3 atom stereocenters. The second kappa shape index (κ2) is 8.36. The van der Waals surface area contributed by atoms with Crippen molar-refractivity contribution in [3.05, 3.63) is 69.6 Å². The van der Waals surface area contributed by atoms with Gasteiger partial charge in [0.25, 0.3) is 11.5 Å². The number of rotatable bonds is 4. The van der Waals surface area contributed by atoms with Crippen LogP contribution in [0.3, 0.4) is 0 Å². The average molecular weight is 407 g/mol. The summed E-state index contributed by atoms with van der Waals surface area (Å²) in [6.45, 7) is 5.35. The molecule has 0 aliphatic carbocycles. The summed E-state index contributed by atoms with van der Waals surface area (Å²) in [6, 6.07) is 14.2. The Hall–Kier alpha value is -2.44. The van der Waals surface area contributed by atoms with Crippen molar-refractivity contribution in [2.75, 3.05) is 26.2 Å². The summed E-state index contributed by atoms with van der Waals surface area (Å²) in [6.07, 6.45) is 3.15. The van der Waals surface area contributed by atoms with Crippen molar-refractivity contribution in [2.24, 2.45) is 5.92 Å². The number of likely N-dealkylation sites (tertiary alicyclic amines) is 1. The highest BCUT2D eigenvalue weighted by atomic mass is 16.2. The molecule has 2 saturated heterocycles. The van der Waals surface area contributed by atoms with E-state index < -0.39 is 0 Å². The third-order valence-corrected chi connectivity index (χ3v) is 6.84. The lowest BCUT2D eigenvalue weighted by atomic mass is 9.84. The molecule has 0 saturated carbocycles. The largest absolute Gasteiger partial charge is 0.348 e. The Bertz CT molecular complexity index is 971. The summed E-state index contributed by atoms with van der Waals surface area (Å²) in [7, 11) is 0. The van der Waals surface area contributed by atoms with E-state index in [2.05, 4.69) is 39.8 Å². The SMILES string of the molecule is O=C(N[C@H]1CCCN(Cc2ccccc2)C1)c1ccc2n(c1=O)C[C@@H]1CNC[C@H]2C1. The van der Waals surface area contributed by atoms with E-state index >= 15 is 0 Å². The molecular formula is C24H30N4O2. The first-order valence-corrected chi connectivity index (χ1v) is 11.2. The fraction of sp³-hybridized carbons (Fsp3) is 0.500. The van der Waals surface area contributed by atoms with Crippen molar-refractivity contribution in [3.8, 4) is 0 Å². The number of hydrogen-bond acceptors (Lipinski definition) is 4. The quantitative estimate of drug-likeness (QED) is 0.815. The van der Waals surface area contributed by atoms with Crippen molar-refractivity contribution in [2.45, 2.75) is 44.3 Å². The Kier molecular flexibility index (Phi) is 5.44. The fourth-order valence-corrected chi connectivity index (χ4v) is 5.39. The van der Waals surface area contributed by atoms with Crippen LogP contribution in [-0.2, 0) is 13.1 Å². The van der Waals surface area contributed by atoms with Crippen LogP contribution >= 0.6 is 0 Å². The van der Waals surface area contributed by atoms with Gasteiger partial charge in [-0.15, -0.1) is 0 Å². The standard InChI is InChI=1S/C24H30N4O2/c29-23(26-20-7-4-10-27(16-20)14-17-5-2-1-3-6-17)21-8-9-22-19-11-18(12-25-13-19)15-28(22)24(21)30/h1-3,5-6,8-9,18-20,25H,4,7,10-16H2,(H,26,29)/t18-,19+,20-/m0/s1. The van der Waals surface area contributed by atoms with Crippen LogP contribution in [0.4, 0.5) is 0 Å². The Labute approximate surface area is 177 Å². The summed E-state index contributed by atoms with van der Waals surface area (Å²) in [4.78, 5) is 28.5. The van der Waals surface area contributed by atoms with E-state index in [1.165, 1.54) is 5.56 Å². The number of piperidine rings is 2. The van der Waals surface area contributed by atoms with Gasteiger partial charge in [-0.2, -0.15) is 0 Å². The van der Waals surface area contributed by atoms with E-state index in [9.17, 15) is 9.59 Å². The minimum absolute atomic E-state index is 0.0824. The number of carbonyl (C=O) groups is 1. The average Bonchev–Trinajstić information content (AvgIpc) is 2.76.